The summed E-state index contributed by atoms with van der Waals surface area (Å²) in [7, 11) is 0. The van der Waals surface area contributed by atoms with Crippen LogP contribution in [0.15, 0.2) is 18.3 Å². The highest BCUT2D eigenvalue weighted by molar-refractivity contribution is 5.76. The van der Waals surface area contributed by atoms with E-state index in [1.165, 1.54) is 0 Å². The molecule has 0 bridgehead atoms. The maximum Gasteiger partial charge on any atom is 0.312 e. The fourth-order valence-electron chi connectivity index (χ4n) is 1.54. The number of nitrogens with zero attached hydrogens (tertiary/aromatic N) is 1. The van der Waals surface area contributed by atoms with Crippen LogP contribution in [0.25, 0.3) is 0 Å². The number of pyridine rings is 1. The summed E-state index contributed by atoms with van der Waals surface area (Å²) in [6.07, 6.45) is 1.64. The van der Waals surface area contributed by atoms with Gasteiger partial charge in [0.1, 0.15) is 5.92 Å². The molecule has 14 heavy (non-hydrogen) atoms. The Morgan fingerprint density at radius 2 is 2.14 bits per heavy atom. The Morgan fingerprint density at radius 1 is 1.50 bits per heavy atom. The number of hydrogen-bond donors (Lipinski definition) is 1. The van der Waals surface area contributed by atoms with E-state index in [9.17, 15) is 4.79 Å². The van der Waals surface area contributed by atoms with Gasteiger partial charge >= 0.3 is 5.97 Å². The smallest absolute Gasteiger partial charge is 0.312 e. The van der Waals surface area contributed by atoms with Gasteiger partial charge in [0, 0.05) is 6.20 Å². The quantitative estimate of drug-likeness (QED) is 0.800. The van der Waals surface area contributed by atoms with Gasteiger partial charge in [0.05, 0.1) is 5.69 Å². The van der Waals surface area contributed by atoms with Gasteiger partial charge < -0.3 is 5.11 Å². The molecule has 0 radical (unpaired) electrons. The van der Waals surface area contributed by atoms with Gasteiger partial charge in [-0.2, -0.15) is 0 Å². The number of rotatable bonds is 3. The second-order valence-electron chi connectivity index (χ2n) is 3.77. The molecule has 1 N–H and O–H groups in total. The topological polar surface area (TPSA) is 50.2 Å². The molecule has 0 spiro atoms. The number of aryl methyl sites for hydroxylation is 1. The lowest BCUT2D eigenvalue weighted by atomic mass is 9.90. The standard InChI is InChI=1S/C11H15NO2/c1-7(2)9(11(13)14)10-8(3)5-4-6-12-10/h4-7,9H,1-3H3,(H,13,14). The lowest BCUT2D eigenvalue weighted by Gasteiger charge is -2.17. The SMILES string of the molecule is Cc1cccnc1C(C(=O)O)C(C)C. The number of carboxylic acids is 1. The van der Waals surface area contributed by atoms with Crippen molar-refractivity contribution in [3.8, 4) is 0 Å². The van der Waals surface area contributed by atoms with Crippen molar-refractivity contribution < 1.29 is 9.90 Å². The summed E-state index contributed by atoms with van der Waals surface area (Å²) in [4.78, 5) is 15.2. The third-order valence-electron chi connectivity index (χ3n) is 2.28. The molecule has 1 atom stereocenters. The minimum atomic E-state index is -0.804. The van der Waals surface area contributed by atoms with Gasteiger partial charge in [-0.05, 0) is 24.5 Å². The molecular weight excluding hydrogens is 178 g/mol. The Kier molecular flexibility index (Phi) is 3.23. The Balaban J connectivity index is 3.12. The summed E-state index contributed by atoms with van der Waals surface area (Å²) in [6, 6.07) is 3.71. The van der Waals surface area contributed by atoms with E-state index in [-0.39, 0.29) is 5.92 Å². The largest absolute Gasteiger partial charge is 0.481 e. The van der Waals surface area contributed by atoms with Crippen molar-refractivity contribution in [2.45, 2.75) is 26.7 Å². The van der Waals surface area contributed by atoms with E-state index in [0.717, 1.165) is 5.56 Å². The van der Waals surface area contributed by atoms with Gasteiger partial charge in [0.15, 0.2) is 0 Å². The first-order valence-corrected chi connectivity index (χ1v) is 4.68. The van der Waals surface area contributed by atoms with E-state index in [0.29, 0.717) is 5.69 Å². The molecule has 1 heterocycles. The van der Waals surface area contributed by atoms with Gasteiger partial charge in [0.25, 0.3) is 0 Å². The summed E-state index contributed by atoms with van der Waals surface area (Å²) >= 11 is 0. The number of hydrogen-bond acceptors (Lipinski definition) is 2. The van der Waals surface area contributed by atoms with E-state index >= 15 is 0 Å². The second kappa shape index (κ2) is 4.22. The zero-order valence-corrected chi connectivity index (χ0v) is 8.69. The molecule has 3 nitrogen and oxygen atoms in total. The number of carboxylic acid groups (broad SMARTS) is 1. The molecule has 0 aromatic carbocycles. The molecule has 1 unspecified atom stereocenters. The average molecular weight is 193 g/mol. The van der Waals surface area contributed by atoms with Crippen LogP contribution in [0.5, 0.6) is 0 Å². The monoisotopic (exact) mass is 193 g/mol. The molecule has 0 aliphatic heterocycles. The molecule has 76 valence electrons. The average Bonchev–Trinajstić information content (AvgIpc) is 2.07. The van der Waals surface area contributed by atoms with Crippen molar-refractivity contribution in [1.82, 2.24) is 4.98 Å². The molecule has 1 aromatic rings. The number of aromatic nitrogens is 1. The van der Waals surface area contributed by atoms with E-state index in [2.05, 4.69) is 4.98 Å². The summed E-state index contributed by atoms with van der Waals surface area (Å²) in [5.41, 5.74) is 1.61. The molecule has 0 amide bonds. The van der Waals surface area contributed by atoms with Crippen molar-refractivity contribution in [1.29, 1.82) is 0 Å². The van der Waals surface area contributed by atoms with Crippen molar-refractivity contribution in [3.05, 3.63) is 29.6 Å². The van der Waals surface area contributed by atoms with Gasteiger partial charge in [0.2, 0.25) is 0 Å². The van der Waals surface area contributed by atoms with Gasteiger partial charge in [-0.15, -0.1) is 0 Å². The number of aliphatic carboxylic acids is 1. The maximum absolute atomic E-state index is 11.1. The van der Waals surface area contributed by atoms with E-state index in [4.69, 9.17) is 5.11 Å². The Bertz CT molecular complexity index is 334. The van der Waals surface area contributed by atoms with Crippen molar-refractivity contribution in [2.24, 2.45) is 5.92 Å². The number of carbonyl (C=O) groups is 1. The van der Waals surface area contributed by atoms with Crippen LogP contribution in [0.2, 0.25) is 0 Å². The van der Waals surface area contributed by atoms with Crippen molar-refractivity contribution >= 4 is 5.97 Å². The normalized spacial score (nSPS) is 12.9. The van der Waals surface area contributed by atoms with E-state index < -0.39 is 11.9 Å². The van der Waals surface area contributed by atoms with Crippen LogP contribution in [0.1, 0.15) is 31.0 Å². The fraction of sp³-hybridized carbons (Fsp3) is 0.455. The van der Waals surface area contributed by atoms with Crippen LogP contribution >= 0.6 is 0 Å². The molecule has 0 saturated carbocycles. The van der Waals surface area contributed by atoms with Crippen molar-refractivity contribution in [3.63, 3.8) is 0 Å². The molecule has 1 aromatic heterocycles. The summed E-state index contributed by atoms with van der Waals surface area (Å²) in [5, 5.41) is 9.08. The minimum absolute atomic E-state index is 0.0566. The molecule has 0 aliphatic rings. The molecule has 0 fully saturated rings. The summed E-state index contributed by atoms with van der Waals surface area (Å²) in [5.74, 6) is -1.25. The third-order valence-corrected chi connectivity index (χ3v) is 2.28. The molecule has 0 saturated heterocycles. The van der Waals surface area contributed by atoms with Gasteiger partial charge in [-0.1, -0.05) is 19.9 Å². The van der Waals surface area contributed by atoms with Gasteiger partial charge in [-0.25, -0.2) is 0 Å². The summed E-state index contributed by atoms with van der Waals surface area (Å²) in [6.45, 7) is 5.68. The second-order valence-corrected chi connectivity index (χ2v) is 3.77. The lowest BCUT2D eigenvalue weighted by Crippen LogP contribution is -2.19. The zero-order valence-electron chi connectivity index (χ0n) is 8.69. The van der Waals surface area contributed by atoms with Crippen molar-refractivity contribution in [2.75, 3.05) is 0 Å². The van der Waals surface area contributed by atoms with Crippen LogP contribution in [0.3, 0.4) is 0 Å². The predicted octanol–water partition coefficient (Wildman–Crippen LogP) is 2.21. The minimum Gasteiger partial charge on any atom is -0.481 e. The van der Waals surface area contributed by atoms with Crippen LogP contribution < -0.4 is 0 Å². The van der Waals surface area contributed by atoms with Crippen LogP contribution in [0.4, 0.5) is 0 Å². The highest BCUT2D eigenvalue weighted by Gasteiger charge is 2.25. The first-order chi connectivity index (χ1) is 6.54. The highest BCUT2D eigenvalue weighted by Crippen LogP contribution is 2.25. The summed E-state index contributed by atoms with van der Waals surface area (Å²) < 4.78 is 0. The third kappa shape index (κ3) is 2.10. The maximum atomic E-state index is 11.1. The van der Waals surface area contributed by atoms with Crippen LogP contribution in [0, 0.1) is 12.8 Å². The Morgan fingerprint density at radius 3 is 2.57 bits per heavy atom. The zero-order chi connectivity index (χ0) is 10.7. The fourth-order valence-corrected chi connectivity index (χ4v) is 1.54. The molecular formula is C11H15NO2. The van der Waals surface area contributed by atoms with Crippen LogP contribution in [-0.2, 0) is 4.79 Å². The lowest BCUT2D eigenvalue weighted by molar-refractivity contribution is -0.140. The van der Waals surface area contributed by atoms with Gasteiger partial charge in [-0.3, -0.25) is 9.78 Å². The molecule has 0 aliphatic carbocycles. The van der Waals surface area contributed by atoms with E-state index in [1.807, 2.05) is 32.9 Å². The first-order valence-electron chi connectivity index (χ1n) is 4.68. The van der Waals surface area contributed by atoms with Crippen LogP contribution in [-0.4, -0.2) is 16.1 Å². The predicted molar refractivity (Wildman–Crippen MR) is 54.2 cm³/mol. The first kappa shape index (κ1) is 10.7. The Labute approximate surface area is 83.8 Å². The van der Waals surface area contributed by atoms with E-state index in [1.54, 1.807) is 6.20 Å². The molecule has 1 rings (SSSR count). The Hall–Kier alpha value is -1.38. The highest BCUT2D eigenvalue weighted by atomic mass is 16.4. The molecule has 3 heteroatoms.